The monoisotopic (exact) mass is 267 g/mol. The molecule has 0 spiro atoms. The molecule has 19 heavy (non-hydrogen) atoms. The number of nitrogens with one attached hydrogen (secondary N) is 1. The molecule has 2 rings (SSSR count). The number of ether oxygens (including phenoxy) is 2. The summed E-state index contributed by atoms with van der Waals surface area (Å²) in [7, 11) is 0. The molecule has 1 aromatic rings. The predicted molar refractivity (Wildman–Crippen MR) is 74.0 cm³/mol. The molecule has 0 saturated carbocycles. The van der Waals surface area contributed by atoms with E-state index in [4.69, 9.17) is 13.9 Å². The summed E-state index contributed by atoms with van der Waals surface area (Å²) < 4.78 is 16.8. The van der Waals surface area contributed by atoms with Gasteiger partial charge in [0.15, 0.2) is 0 Å². The van der Waals surface area contributed by atoms with Crippen molar-refractivity contribution in [1.82, 2.24) is 5.32 Å². The Labute approximate surface area is 115 Å². The van der Waals surface area contributed by atoms with Crippen molar-refractivity contribution in [2.75, 3.05) is 26.4 Å². The van der Waals surface area contributed by atoms with E-state index in [1.807, 2.05) is 6.92 Å². The van der Waals surface area contributed by atoms with Crippen molar-refractivity contribution in [3.63, 3.8) is 0 Å². The van der Waals surface area contributed by atoms with Gasteiger partial charge >= 0.3 is 0 Å². The molecular formula is C15H25NO3. The molecule has 0 bridgehead atoms. The lowest BCUT2D eigenvalue weighted by molar-refractivity contribution is 0.0118. The lowest BCUT2D eigenvalue weighted by Gasteiger charge is -2.21. The van der Waals surface area contributed by atoms with E-state index >= 15 is 0 Å². The number of hydrogen-bond acceptors (Lipinski definition) is 4. The molecule has 1 fully saturated rings. The van der Waals surface area contributed by atoms with Crippen LogP contribution in [0.3, 0.4) is 0 Å². The Hall–Kier alpha value is -0.840. The van der Waals surface area contributed by atoms with Crippen LogP contribution in [0.25, 0.3) is 0 Å². The van der Waals surface area contributed by atoms with E-state index in [1.165, 1.54) is 5.56 Å². The number of rotatable bonds is 7. The zero-order valence-corrected chi connectivity index (χ0v) is 12.0. The summed E-state index contributed by atoms with van der Waals surface area (Å²) in [5.41, 5.74) is 1.23. The summed E-state index contributed by atoms with van der Waals surface area (Å²) in [6.45, 7) is 9.09. The van der Waals surface area contributed by atoms with Crippen LogP contribution >= 0.6 is 0 Å². The molecule has 0 aliphatic carbocycles. The van der Waals surface area contributed by atoms with Crippen LogP contribution in [0.4, 0.5) is 0 Å². The van der Waals surface area contributed by atoms with Crippen molar-refractivity contribution in [3.05, 3.63) is 23.2 Å². The topological polar surface area (TPSA) is 43.6 Å². The highest BCUT2D eigenvalue weighted by Crippen LogP contribution is 2.18. The van der Waals surface area contributed by atoms with Crippen molar-refractivity contribution >= 4 is 0 Å². The molecule has 1 aliphatic heterocycles. The standard InChI is InChI=1S/C15H25NO3/c1-3-16-9-14-8-15(19-12(14)2)11-18-10-13-4-6-17-7-5-13/h8,13,16H,3-7,9-11H2,1-2H3. The SMILES string of the molecule is CCNCc1cc(COCC2CCOCC2)oc1C. The van der Waals surface area contributed by atoms with Gasteiger partial charge in [0.25, 0.3) is 0 Å². The van der Waals surface area contributed by atoms with Crippen LogP contribution in [0, 0.1) is 12.8 Å². The van der Waals surface area contributed by atoms with Crippen LogP contribution in [0.1, 0.15) is 36.8 Å². The first-order chi connectivity index (χ1) is 9.29. The molecule has 1 aromatic heterocycles. The fraction of sp³-hybridized carbons (Fsp3) is 0.733. The minimum absolute atomic E-state index is 0.574. The average molecular weight is 267 g/mol. The van der Waals surface area contributed by atoms with Crippen molar-refractivity contribution < 1.29 is 13.9 Å². The number of furan rings is 1. The van der Waals surface area contributed by atoms with Crippen molar-refractivity contribution in [1.29, 1.82) is 0 Å². The van der Waals surface area contributed by atoms with Gasteiger partial charge < -0.3 is 19.2 Å². The summed E-state index contributed by atoms with van der Waals surface area (Å²) >= 11 is 0. The van der Waals surface area contributed by atoms with E-state index in [0.717, 1.165) is 57.3 Å². The highest BCUT2D eigenvalue weighted by atomic mass is 16.5. The normalized spacial score (nSPS) is 16.9. The van der Waals surface area contributed by atoms with Crippen molar-refractivity contribution in [2.24, 2.45) is 5.92 Å². The van der Waals surface area contributed by atoms with Crippen LogP contribution in [0.5, 0.6) is 0 Å². The van der Waals surface area contributed by atoms with E-state index in [0.29, 0.717) is 12.5 Å². The van der Waals surface area contributed by atoms with Crippen LogP contribution in [-0.4, -0.2) is 26.4 Å². The molecule has 0 amide bonds. The van der Waals surface area contributed by atoms with Gasteiger partial charge in [0.05, 0.1) is 6.61 Å². The number of hydrogen-bond donors (Lipinski definition) is 1. The summed E-state index contributed by atoms with van der Waals surface area (Å²) in [4.78, 5) is 0. The Morgan fingerprint density at radius 1 is 1.37 bits per heavy atom. The van der Waals surface area contributed by atoms with Crippen LogP contribution in [0.15, 0.2) is 10.5 Å². The molecule has 0 atom stereocenters. The van der Waals surface area contributed by atoms with E-state index in [1.54, 1.807) is 0 Å². The Balaban J connectivity index is 1.72. The van der Waals surface area contributed by atoms with Crippen LogP contribution in [0.2, 0.25) is 0 Å². The molecule has 0 radical (unpaired) electrons. The Bertz CT molecular complexity index is 369. The molecule has 1 N–H and O–H groups in total. The van der Waals surface area contributed by atoms with Gasteiger partial charge in [-0.05, 0) is 38.3 Å². The van der Waals surface area contributed by atoms with E-state index in [-0.39, 0.29) is 0 Å². The van der Waals surface area contributed by atoms with Gasteiger partial charge in [0.2, 0.25) is 0 Å². The molecule has 1 saturated heterocycles. The molecule has 4 nitrogen and oxygen atoms in total. The van der Waals surface area contributed by atoms with Gasteiger partial charge in [0.1, 0.15) is 18.1 Å². The average Bonchev–Trinajstić information content (AvgIpc) is 2.78. The Kier molecular flexibility index (Phi) is 5.89. The summed E-state index contributed by atoms with van der Waals surface area (Å²) in [5, 5.41) is 3.31. The zero-order valence-electron chi connectivity index (χ0n) is 12.0. The molecule has 4 heteroatoms. The van der Waals surface area contributed by atoms with Gasteiger partial charge in [-0.25, -0.2) is 0 Å². The van der Waals surface area contributed by atoms with Crippen LogP contribution < -0.4 is 5.32 Å². The third-order valence-electron chi connectivity index (χ3n) is 3.58. The lowest BCUT2D eigenvalue weighted by Crippen LogP contribution is -2.20. The molecule has 2 heterocycles. The van der Waals surface area contributed by atoms with Gasteiger partial charge in [-0.2, -0.15) is 0 Å². The third kappa shape index (κ3) is 4.64. The maximum absolute atomic E-state index is 5.76. The molecule has 1 aliphatic rings. The Morgan fingerprint density at radius 2 is 2.16 bits per heavy atom. The van der Waals surface area contributed by atoms with Gasteiger partial charge in [0, 0.05) is 25.3 Å². The van der Waals surface area contributed by atoms with Gasteiger partial charge in [-0.1, -0.05) is 6.92 Å². The molecule has 0 unspecified atom stereocenters. The first-order valence-electron chi connectivity index (χ1n) is 7.24. The first-order valence-corrected chi connectivity index (χ1v) is 7.24. The minimum atomic E-state index is 0.574. The maximum atomic E-state index is 5.76. The third-order valence-corrected chi connectivity index (χ3v) is 3.58. The highest BCUT2D eigenvalue weighted by molar-refractivity contribution is 5.20. The van der Waals surface area contributed by atoms with Crippen LogP contribution in [-0.2, 0) is 22.6 Å². The van der Waals surface area contributed by atoms with E-state index in [2.05, 4.69) is 18.3 Å². The van der Waals surface area contributed by atoms with Crippen molar-refractivity contribution in [2.45, 2.75) is 39.8 Å². The van der Waals surface area contributed by atoms with Crippen molar-refractivity contribution in [3.8, 4) is 0 Å². The molecule has 0 aromatic carbocycles. The van der Waals surface area contributed by atoms with E-state index < -0.39 is 0 Å². The fourth-order valence-corrected chi connectivity index (χ4v) is 2.33. The number of aryl methyl sites for hydroxylation is 1. The fourth-order valence-electron chi connectivity index (χ4n) is 2.33. The second kappa shape index (κ2) is 7.68. The Morgan fingerprint density at radius 3 is 2.89 bits per heavy atom. The zero-order chi connectivity index (χ0) is 13.5. The smallest absolute Gasteiger partial charge is 0.130 e. The molecular weight excluding hydrogens is 242 g/mol. The highest BCUT2D eigenvalue weighted by Gasteiger charge is 2.14. The quantitative estimate of drug-likeness (QED) is 0.825. The maximum Gasteiger partial charge on any atom is 0.130 e. The van der Waals surface area contributed by atoms with Gasteiger partial charge in [-0.3, -0.25) is 0 Å². The first kappa shape index (κ1) is 14.6. The molecule has 108 valence electrons. The second-order valence-electron chi connectivity index (χ2n) is 5.15. The summed E-state index contributed by atoms with van der Waals surface area (Å²) in [6, 6.07) is 2.10. The summed E-state index contributed by atoms with van der Waals surface area (Å²) in [5.74, 6) is 2.56. The van der Waals surface area contributed by atoms with Gasteiger partial charge in [-0.15, -0.1) is 0 Å². The largest absolute Gasteiger partial charge is 0.464 e. The summed E-state index contributed by atoms with van der Waals surface area (Å²) in [6.07, 6.45) is 2.23. The van der Waals surface area contributed by atoms with E-state index in [9.17, 15) is 0 Å². The minimum Gasteiger partial charge on any atom is -0.464 e. The lowest BCUT2D eigenvalue weighted by atomic mass is 10.0. The predicted octanol–water partition coefficient (Wildman–Crippen LogP) is 2.64. The second-order valence-corrected chi connectivity index (χ2v) is 5.15.